The molecule has 8 rings (SSSR count). The standard InChI is InChI=1S/C41H28N4/c1-27-21-22-30-23-24-34-35(25-36(28-13-5-2-6-14-28)43-40(34)39(30)42-27)32-19-11-12-20-33(32)38-26-37(29-15-7-3-8-16-29)44-41(45-38)31-17-9-4-10-18-31/h2-26H,1H3. The molecule has 0 fully saturated rings. The van der Waals surface area contributed by atoms with E-state index in [2.05, 4.69) is 109 Å². The van der Waals surface area contributed by atoms with Crippen molar-refractivity contribution in [3.63, 3.8) is 0 Å². The SMILES string of the molecule is Cc1ccc2ccc3c(-c4ccccc4-c4cc(-c5ccccc5)nc(-c5ccccc5)n4)cc(-c4ccccc4)nc3c2n1. The van der Waals surface area contributed by atoms with Gasteiger partial charge in [0.05, 0.1) is 28.1 Å². The average Bonchev–Trinajstić information content (AvgIpc) is 3.12. The number of hydrogen-bond acceptors (Lipinski definition) is 4. The Labute approximate surface area is 261 Å². The number of nitrogens with zero attached hydrogens (tertiary/aromatic N) is 4. The molecule has 0 saturated carbocycles. The molecule has 212 valence electrons. The number of rotatable bonds is 5. The van der Waals surface area contributed by atoms with Crippen molar-refractivity contribution in [3.05, 3.63) is 157 Å². The molecule has 4 heteroatoms. The Morgan fingerprint density at radius 1 is 0.378 bits per heavy atom. The molecule has 3 aromatic heterocycles. The first-order valence-corrected chi connectivity index (χ1v) is 15.1. The van der Waals surface area contributed by atoms with Crippen molar-refractivity contribution < 1.29 is 0 Å². The van der Waals surface area contributed by atoms with Crippen LogP contribution in [0.5, 0.6) is 0 Å². The van der Waals surface area contributed by atoms with Crippen LogP contribution in [0.1, 0.15) is 5.69 Å². The second-order valence-corrected chi connectivity index (χ2v) is 11.1. The van der Waals surface area contributed by atoms with Crippen molar-refractivity contribution >= 4 is 21.8 Å². The zero-order chi connectivity index (χ0) is 30.2. The van der Waals surface area contributed by atoms with Gasteiger partial charge in [-0.15, -0.1) is 0 Å². The van der Waals surface area contributed by atoms with E-state index in [4.69, 9.17) is 19.9 Å². The van der Waals surface area contributed by atoms with E-state index in [0.29, 0.717) is 5.82 Å². The highest BCUT2D eigenvalue weighted by Crippen LogP contribution is 2.40. The van der Waals surface area contributed by atoms with Crippen LogP contribution in [-0.4, -0.2) is 19.9 Å². The lowest BCUT2D eigenvalue weighted by Crippen LogP contribution is -1.98. The predicted molar refractivity (Wildman–Crippen MR) is 185 cm³/mol. The van der Waals surface area contributed by atoms with Gasteiger partial charge in [0.25, 0.3) is 0 Å². The molecule has 3 heterocycles. The topological polar surface area (TPSA) is 51.6 Å². The maximum atomic E-state index is 5.22. The fraction of sp³-hybridized carbons (Fsp3) is 0.0244. The molecule has 0 saturated heterocycles. The van der Waals surface area contributed by atoms with Crippen molar-refractivity contribution in [1.29, 1.82) is 0 Å². The van der Waals surface area contributed by atoms with Crippen LogP contribution in [0.15, 0.2) is 152 Å². The van der Waals surface area contributed by atoms with Crippen LogP contribution >= 0.6 is 0 Å². The zero-order valence-electron chi connectivity index (χ0n) is 24.7. The van der Waals surface area contributed by atoms with Gasteiger partial charge in [-0.1, -0.05) is 133 Å². The minimum absolute atomic E-state index is 0.692. The van der Waals surface area contributed by atoms with Crippen molar-refractivity contribution in [1.82, 2.24) is 19.9 Å². The molecule has 45 heavy (non-hydrogen) atoms. The van der Waals surface area contributed by atoms with Crippen molar-refractivity contribution in [3.8, 4) is 56.3 Å². The van der Waals surface area contributed by atoms with E-state index in [1.54, 1.807) is 0 Å². The molecule has 0 aliphatic heterocycles. The third-order valence-electron chi connectivity index (χ3n) is 8.17. The number of aromatic nitrogens is 4. The Morgan fingerprint density at radius 2 is 0.933 bits per heavy atom. The normalized spacial score (nSPS) is 11.2. The summed E-state index contributed by atoms with van der Waals surface area (Å²) < 4.78 is 0. The van der Waals surface area contributed by atoms with E-state index >= 15 is 0 Å². The Balaban J connectivity index is 1.42. The van der Waals surface area contributed by atoms with E-state index in [0.717, 1.165) is 78.0 Å². The number of aryl methyl sites for hydroxylation is 1. The number of benzene rings is 5. The molecule has 5 aromatic carbocycles. The molecule has 0 amide bonds. The highest BCUT2D eigenvalue weighted by atomic mass is 14.9. The minimum atomic E-state index is 0.692. The van der Waals surface area contributed by atoms with Crippen molar-refractivity contribution in [2.24, 2.45) is 0 Å². The first kappa shape index (κ1) is 26.6. The summed E-state index contributed by atoms with van der Waals surface area (Å²) in [6, 6.07) is 52.1. The number of pyridine rings is 2. The third kappa shape index (κ3) is 5.02. The second kappa shape index (κ2) is 11.3. The molecule has 4 nitrogen and oxygen atoms in total. The Morgan fingerprint density at radius 3 is 1.62 bits per heavy atom. The fourth-order valence-corrected chi connectivity index (χ4v) is 5.95. The van der Waals surface area contributed by atoms with Crippen LogP contribution in [0.3, 0.4) is 0 Å². The van der Waals surface area contributed by atoms with E-state index in [1.807, 2.05) is 49.4 Å². The van der Waals surface area contributed by atoms with E-state index in [-0.39, 0.29) is 0 Å². The molecule has 0 atom stereocenters. The molecule has 0 spiro atoms. The van der Waals surface area contributed by atoms with E-state index in [1.165, 1.54) is 0 Å². The van der Waals surface area contributed by atoms with Gasteiger partial charge in [0.2, 0.25) is 0 Å². The van der Waals surface area contributed by atoms with Crippen LogP contribution in [-0.2, 0) is 0 Å². The van der Waals surface area contributed by atoms with E-state index in [9.17, 15) is 0 Å². The first-order valence-electron chi connectivity index (χ1n) is 15.1. The van der Waals surface area contributed by atoms with Crippen LogP contribution in [0.25, 0.3) is 78.1 Å². The average molecular weight is 577 g/mol. The maximum absolute atomic E-state index is 5.22. The summed E-state index contributed by atoms with van der Waals surface area (Å²) in [5, 5.41) is 2.12. The molecule has 0 radical (unpaired) electrons. The Bertz CT molecular complexity index is 2260. The highest BCUT2D eigenvalue weighted by Gasteiger charge is 2.18. The molecule has 0 N–H and O–H groups in total. The molecular formula is C41H28N4. The summed E-state index contributed by atoms with van der Waals surface area (Å²) in [5.41, 5.74) is 11.7. The van der Waals surface area contributed by atoms with Gasteiger partial charge in [-0.25, -0.2) is 15.0 Å². The highest BCUT2D eigenvalue weighted by molar-refractivity contribution is 6.10. The molecule has 0 aliphatic rings. The van der Waals surface area contributed by atoms with Crippen molar-refractivity contribution in [2.75, 3.05) is 0 Å². The van der Waals surface area contributed by atoms with Gasteiger partial charge >= 0.3 is 0 Å². The van der Waals surface area contributed by atoms with Gasteiger partial charge in [0.15, 0.2) is 5.82 Å². The molecule has 0 bridgehead atoms. The number of hydrogen-bond donors (Lipinski definition) is 0. The lowest BCUT2D eigenvalue weighted by Gasteiger charge is -2.16. The second-order valence-electron chi connectivity index (χ2n) is 11.1. The molecule has 0 aliphatic carbocycles. The summed E-state index contributed by atoms with van der Waals surface area (Å²) in [6.07, 6.45) is 0. The summed E-state index contributed by atoms with van der Waals surface area (Å²) in [6.45, 7) is 2.03. The Kier molecular flexibility index (Phi) is 6.65. The summed E-state index contributed by atoms with van der Waals surface area (Å²) in [7, 11) is 0. The lowest BCUT2D eigenvalue weighted by atomic mass is 9.92. The van der Waals surface area contributed by atoms with E-state index < -0.39 is 0 Å². The Hall–Kier alpha value is -6.00. The van der Waals surface area contributed by atoms with Crippen LogP contribution in [0.2, 0.25) is 0 Å². The first-order chi connectivity index (χ1) is 22.2. The van der Waals surface area contributed by atoms with Gasteiger partial charge in [-0.05, 0) is 36.2 Å². The maximum Gasteiger partial charge on any atom is 0.160 e. The molecule has 0 unspecified atom stereocenters. The summed E-state index contributed by atoms with van der Waals surface area (Å²) >= 11 is 0. The van der Waals surface area contributed by atoms with Crippen molar-refractivity contribution in [2.45, 2.75) is 6.92 Å². The predicted octanol–water partition coefficient (Wildman–Crippen LogP) is 10.2. The monoisotopic (exact) mass is 576 g/mol. The van der Waals surface area contributed by atoms with Crippen LogP contribution in [0.4, 0.5) is 0 Å². The molecular weight excluding hydrogens is 548 g/mol. The van der Waals surface area contributed by atoms with Gasteiger partial charge in [0.1, 0.15) is 0 Å². The smallest absolute Gasteiger partial charge is 0.160 e. The van der Waals surface area contributed by atoms with Gasteiger partial charge in [0, 0.05) is 38.7 Å². The quantitative estimate of drug-likeness (QED) is 0.191. The zero-order valence-corrected chi connectivity index (χ0v) is 24.7. The van der Waals surface area contributed by atoms with Crippen LogP contribution in [0, 0.1) is 6.92 Å². The lowest BCUT2D eigenvalue weighted by molar-refractivity contribution is 1.18. The third-order valence-corrected chi connectivity index (χ3v) is 8.17. The van der Waals surface area contributed by atoms with Crippen LogP contribution < -0.4 is 0 Å². The van der Waals surface area contributed by atoms with Gasteiger partial charge in [-0.2, -0.15) is 0 Å². The molecule has 8 aromatic rings. The van der Waals surface area contributed by atoms with Gasteiger partial charge < -0.3 is 0 Å². The number of fused-ring (bicyclic) bond motifs is 3. The largest absolute Gasteiger partial charge is 0.251 e. The minimum Gasteiger partial charge on any atom is -0.251 e. The summed E-state index contributed by atoms with van der Waals surface area (Å²) in [4.78, 5) is 20.4. The fourth-order valence-electron chi connectivity index (χ4n) is 5.95. The van der Waals surface area contributed by atoms with Gasteiger partial charge in [-0.3, -0.25) is 4.98 Å². The summed E-state index contributed by atoms with van der Waals surface area (Å²) in [5.74, 6) is 0.692.